The third-order valence-electron chi connectivity index (χ3n) is 9.06. The lowest BCUT2D eigenvalue weighted by Gasteiger charge is -2.23. The Kier molecular flexibility index (Phi) is 4.36. The molecule has 0 saturated heterocycles. The fourth-order valence-electron chi connectivity index (χ4n) is 7.02. The molecule has 4 heteroatoms. The van der Waals surface area contributed by atoms with E-state index in [-0.39, 0.29) is 5.41 Å². The molecule has 1 aliphatic rings. The van der Waals surface area contributed by atoms with Gasteiger partial charge in [0.1, 0.15) is 0 Å². The zero-order chi connectivity index (χ0) is 27.3. The van der Waals surface area contributed by atoms with Crippen molar-refractivity contribution in [3.63, 3.8) is 0 Å². The number of rotatable bonds is 2. The van der Waals surface area contributed by atoms with Crippen molar-refractivity contribution in [2.24, 2.45) is 0 Å². The molecule has 1 aliphatic carbocycles. The maximum absolute atomic E-state index is 4.65. The average Bonchev–Trinajstić information content (AvgIpc) is 3.66. The first-order valence-electron chi connectivity index (χ1n) is 14.1. The molecule has 0 bridgehead atoms. The van der Waals surface area contributed by atoms with Crippen LogP contribution >= 0.6 is 0 Å². The van der Waals surface area contributed by atoms with Crippen molar-refractivity contribution < 1.29 is 0 Å². The molecule has 0 aliphatic heterocycles. The van der Waals surface area contributed by atoms with Gasteiger partial charge in [0, 0.05) is 39.0 Å². The molecule has 41 heavy (non-hydrogen) atoms. The molecule has 5 aromatic carbocycles. The van der Waals surface area contributed by atoms with E-state index >= 15 is 0 Å². The third kappa shape index (κ3) is 2.99. The highest BCUT2D eigenvalue weighted by Gasteiger charge is 2.36. The summed E-state index contributed by atoms with van der Waals surface area (Å²) in [7, 11) is 0. The normalized spacial score (nSPS) is 13.8. The largest absolute Gasteiger partial charge is 0.309 e. The van der Waals surface area contributed by atoms with Crippen LogP contribution in [0.15, 0.2) is 121 Å². The van der Waals surface area contributed by atoms with Crippen LogP contribution in [0.1, 0.15) is 25.0 Å². The molecule has 0 amide bonds. The van der Waals surface area contributed by atoms with E-state index in [0.29, 0.717) is 0 Å². The highest BCUT2D eigenvalue weighted by Crippen LogP contribution is 2.50. The predicted octanol–water partition coefficient (Wildman–Crippen LogP) is 8.95. The van der Waals surface area contributed by atoms with Crippen LogP contribution in [0.3, 0.4) is 0 Å². The van der Waals surface area contributed by atoms with Gasteiger partial charge >= 0.3 is 0 Å². The van der Waals surface area contributed by atoms with Gasteiger partial charge in [-0.1, -0.05) is 92.7 Å². The minimum atomic E-state index is -0.164. The first kappa shape index (κ1) is 22.6. The van der Waals surface area contributed by atoms with Crippen LogP contribution in [-0.4, -0.2) is 19.2 Å². The number of hydrogen-bond donors (Lipinski definition) is 0. The number of para-hydroxylation sites is 2. The summed E-state index contributed by atoms with van der Waals surface area (Å²) >= 11 is 0. The molecule has 0 spiro atoms. The summed E-state index contributed by atoms with van der Waals surface area (Å²) in [6.07, 6.45) is 2.08. The van der Waals surface area contributed by atoms with Gasteiger partial charge in [-0.15, -0.1) is 10.2 Å². The van der Waals surface area contributed by atoms with Crippen molar-refractivity contribution in [3.8, 4) is 28.2 Å². The van der Waals surface area contributed by atoms with Gasteiger partial charge in [0.25, 0.3) is 0 Å². The molecule has 0 unspecified atom stereocenters. The van der Waals surface area contributed by atoms with Gasteiger partial charge in [-0.05, 0) is 64.0 Å². The van der Waals surface area contributed by atoms with Crippen molar-refractivity contribution in [3.05, 3.63) is 133 Å². The monoisotopic (exact) mass is 526 g/mol. The second-order valence-corrected chi connectivity index (χ2v) is 11.6. The van der Waals surface area contributed by atoms with Gasteiger partial charge in [-0.25, -0.2) is 0 Å². The van der Waals surface area contributed by atoms with Gasteiger partial charge < -0.3 is 4.57 Å². The lowest BCUT2D eigenvalue weighted by Crippen LogP contribution is -2.15. The van der Waals surface area contributed by atoms with Crippen LogP contribution in [0.2, 0.25) is 0 Å². The molecule has 194 valence electrons. The standard InChI is InChI=1S/C37H26N4/c1-37(2)31-21-24(35-38-39-36-26-10-4-3-9-23(26)19-20-40(35)36)15-17-27(31)28-18-16-25(22-32(28)37)41-33-13-7-5-11-29(33)30-12-6-8-14-34(30)41/h3-22H,1-2H3. The van der Waals surface area contributed by atoms with Crippen LogP contribution in [0, 0.1) is 0 Å². The molecule has 0 radical (unpaired) electrons. The maximum atomic E-state index is 4.65. The molecule has 3 aromatic heterocycles. The van der Waals surface area contributed by atoms with Crippen molar-refractivity contribution in [1.29, 1.82) is 0 Å². The zero-order valence-electron chi connectivity index (χ0n) is 22.8. The van der Waals surface area contributed by atoms with Gasteiger partial charge in [0.2, 0.25) is 0 Å². The zero-order valence-corrected chi connectivity index (χ0v) is 22.8. The summed E-state index contributed by atoms with van der Waals surface area (Å²) in [6.45, 7) is 4.68. The molecule has 9 rings (SSSR count). The third-order valence-corrected chi connectivity index (χ3v) is 9.06. The van der Waals surface area contributed by atoms with Gasteiger partial charge in [-0.2, -0.15) is 0 Å². The number of pyridine rings is 1. The van der Waals surface area contributed by atoms with E-state index in [1.807, 2.05) is 0 Å². The number of fused-ring (bicyclic) bond motifs is 9. The predicted molar refractivity (Wildman–Crippen MR) is 168 cm³/mol. The van der Waals surface area contributed by atoms with E-state index in [1.165, 1.54) is 55.1 Å². The van der Waals surface area contributed by atoms with Crippen LogP contribution < -0.4 is 0 Å². The van der Waals surface area contributed by atoms with E-state index in [1.54, 1.807) is 0 Å². The van der Waals surface area contributed by atoms with Gasteiger partial charge in [0.05, 0.1) is 11.0 Å². The molecule has 0 saturated carbocycles. The Labute approximate surface area is 237 Å². The van der Waals surface area contributed by atoms with Crippen LogP contribution in [0.4, 0.5) is 0 Å². The summed E-state index contributed by atoms with van der Waals surface area (Å²) in [4.78, 5) is 0. The van der Waals surface area contributed by atoms with Gasteiger partial charge in [0.15, 0.2) is 11.5 Å². The van der Waals surface area contributed by atoms with E-state index in [0.717, 1.165) is 22.4 Å². The topological polar surface area (TPSA) is 35.1 Å². The lowest BCUT2D eigenvalue weighted by molar-refractivity contribution is 0.660. The van der Waals surface area contributed by atoms with Crippen LogP contribution in [-0.2, 0) is 5.41 Å². The highest BCUT2D eigenvalue weighted by molar-refractivity contribution is 6.09. The fourth-order valence-corrected chi connectivity index (χ4v) is 7.02. The van der Waals surface area contributed by atoms with Crippen molar-refractivity contribution in [1.82, 2.24) is 19.2 Å². The number of nitrogens with zero attached hydrogens (tertiary/aromatic N) is 4. The van der Waals surface area contributed by atoms with Crippen LogP contribution in [0.25, 0.3) is 66.4 Å². The molecular formula is C37H26N4. The summed E-state index contributed by atoms with van der Waals surface area (Å²) in [5, 5.41) is 14.1. The summed E-state index contributed by atoms with van der Waals surface area (Å²) in [5.74, 6) is 0.867. The highest BCUT2D eigenvalue weighted by atomic mass is 15.2. The summed E-state index contributed by atoms with van der Waals surface area (Å²) in [6, 6.07) is 41.6. The smallest absolute Gasteiger partial charge is 0.168 e. The fraction of sp³-hybridized carbons (Fsp3) is 0.0811. The van der Waals surface area contributed by atoms with Crippen molar-refractivity contribution in [2.45, 2.75) is 19.3 Å². The minimum Gasteiger partial charge on any atom is -0.309 e. The Morgan fingerprint density at radius 3 is 1.98 bits per heavy atom. The van der Waals surface area contributed by atoms with Crippen molar-refractivity contribution in [2.75, 3.05) is 0 Å². The minimum absolute atomic E-state index is 0.164. The van der Waals surface area contributed by atoms with Crippen LogP contribution in [0.5, 0.6) is 0 Å². The number of hydrogen-bond acceptors (Lipinski definition) is 2. The number of aromatic nitrogens is 4. The maximum Gasteiger partial charge on any atom is 0.168 e. The lowest BCUT2D eigenvalue weighted by atomic mass is 9.82. The van der Waals surface area contributed by atoms with E-state index in [4.69, 9.17) is 0 Å². The first-order valence-corrected chi connectivity index (χ1v) is 14.1. The Balaban J connectivity index is 1.20. The molecule has 0 fully saturated rings. The quantitative estimate of drug-likeness (QED) is 0.225. The summed E-state index contributed by atoms with van der Waals surface area (Å²) in [5.41, 5.74) is 10.7. The second-order valence-electron chi connectivity index (χ2n) is 11.6. The Morgan fingerprint density at radius 1 is 0.585 bits per heavy atom. The van der Waals surface area contributed by atoms with Gasteiger partial charge in [-0.3, -0.25) is 4.40 Å². The van der Waals surface area contributed by atoms with E-state index in [9.17, 15) is 0 Å². The Morgan fingerprint density at radius 2 is 1.22 bits per heavy atom. The van der Waals surface area contributed by atoms with E-state index < -0.39 is 0 Å². The first-order chi connectivity index (χ1) is 20.1. The molecule has 0 N–H and O–H groups in total. The molecule has 4 nitrogen and oxygen atoms in total. The molecular weight excluding hydrogens is 500 g/mol. The molecule has 0 atom stereocenters. The Bertz CT molecular complexity index is 2300. The second kappa shape index (κ2) is 7.92. The summed E-state index contributed by atoms with van der Waals surface area (Å²) < 4.78 is 4.52. The number of benzene rings is 5. The van der Waals surface area contributed by atoms with E-state index in [2.05, 4.69) is 154 Å². The molecule has 3 heterocycles. The van der Waals surface area contributed by atoms with Crippen molar-refractivity contribution >= 4 is 38.2 Å². The SMILES string of the molecule is CC1(C)c2cc(-c3nnc4c5ccccc5ccn34)ccc2-c2ccc(-n3c4ccccc4c4ccccc43)cc21. The molecule has 8 aromatic rings. The average molecular weight is 527 g/mol. The Hall–Kier alpha value is -5.22.